The fourth-order valence-electron chi connectivity index (χ4n) is 3.04. The molecule has 0 radical (unpaired) electrons. The van der Waals surface area contributed by atoms with Crippen LogP contribution in [0, 0.1) is 6.92 Å². The molecule has 0 saturated carbocycles. The minimum Gasteiger partial charge on any atom is -0.381 e. The predicted molar refractivity (Wildman–Crippen MR) is 86.6 cm³/mol. The molecular weight excluding hydrogens is 294 g/mol. The number of likely N-dealkylation sites (tertiary alicyclic amines) is 1. The Kier molecular flexibility index (Phi) is 4.35. The summed E-state index contributed by atoms with van der Waals surface area (Å²) in [4.78, 5) is 19.4. The summed E-state index contributed by atoms with van der Waals surface area (Å²) in [6.07, 6.45) is 1.99. The van der Waals surface area contributed by atoms with Crippen LogP contribution in [-0.2, 0) is 4.74 Å². The van der Waals surface area contributed by atoms with E-state index in [4.69, 9.17) is 9.26 Å². The Bertz CT molecular complexity index is 715. The number of hydrogen-bond donors (Lipinski definition) is 0. The summed E-state index contributed by atoms with van der Waals surface area (Å²) in [6.45, 7) is 7.37. The van der Waals surface area contributed by atoms with Gasteiger partial charge in [0.2, 0.25) is 0 Å². The van der Waals surface area contributed by atoms with Crippen LogP contribution in [0.4, 0.5) is 0 Å². The molecule has 1 saturated heterocycles. The molecular formula is C17H23N3O3. The average Bonchev–Trinajstić information content (AvgIpc) is 2.95. The van der Waals surface area contributed by atoms with Crippen molar-refractivity contribution in [3.8, 4) is 0 Å². The second-order valence-electron chi connectivity index (χ2n) is 6.42. The van der Waals surface area contributed by atoms with Gasteiger partial charge in [0, 0.05) is 25.9 Å². The van der Waals surface area contributed by atoms with Crippen LogP contribution in [0.3, 0.4) is 0 Å². The van der Waals surface area contributed by atoms with Crippen LogP contribution in [0.1, 0.15) is 54.4 Å². The number of amides is 1. The number of pyridine rings is 1. The van der Waals surface area contributed by atoms with E-state index in [0.29, 0.717) is 30.1 Å². The van der Waals surface area contributed by atoms with Crippen molar-refractivity contribution in [2.45, 2.75) is 45.6 Å². The number of nitrogens with zero attached hydrogens (tertiary/aromatic N) is 3. The van der Waals surface area contributed by atoms with Crippen molar-refractivity contribution >= 4 is 17.0 Å². The summed E-state index contributed by atoms with van der Waals surface area (Å²) in [5.41, 5.74) is 2.65. The van der Waals surface area contributed by atoms with Gasteiger partial charge >= 0.3 is 0 Å². The molecule has 0 unspecified atom stereocenters. The van der Waals surface area contributed by atoms with E-state index in [1.54, 1.807) is 7.11 Å². The first kappa shape index (κ1) is 15.9. The lowest BCUT2D eigenvalue weighted by molar-refractivity contribution is 0.0351. The van der Waals surface area contributed by atoms with Crippen LogP contribution < -0.4 is 0 Å². The highest BCUT2D eigenvalue weighted by Gasteiger charge is 2.27. The molecule has 1 aliphatic heterocycles. The van der Waals surface area contributed by atoms with E-state index in [1.807, 2.05) is 17.9 Å². The molecule has 0 spiro atoms. The van der Waals surface area contributed by atoms with E-state index in [9.17, 15) is 4.79 Å². The third-order valence-corrected chi connectivity index (χ3v) is 4.52. The summed E-state index contributed by atoms with van der Waals surface area (Å²) in [5, 5.41) is 4.71. The summed E-state index contributed by atoms with van der Waals surface area (Å²) in [6, 6.07) is 1.89. The number of carbonyl (C=O) groups is 1. The van der Waals surface area contributed by atoms with Crippen LogP contribution in [0.2, 0.25) is 0 Å². The van der Waals surface area contributed by atoms with Crippen molar-refractivity contribution in [2.24, 2.45) is 0 Å². The molecule has 3 rings (SSSR count). The third-order valence-electron chi connectivity index (χ3n) is 4.52. The van der Waals surface area contributed by atoms with Crippen LogP contribution in [0.5, 0.6) is 0 Å². The van der Waals surface area contributed by atoms with Gasteiger partial charge in [0.15, 0.2) is 0 Å². The number of methoxy groups -OCH3 is 1. The lowest BCUT2D eigenvalue weighted by atomic mass is 10.0. The van der Waals surface area contributed by atoms with E-state index >= 15 is 0 Å². The number of ether oxygens (including phenoxy) is 1. The lowest BCUT2D eigenvalue weighted by Gasteiger charge is -2.31. The fourth-order valence-corrected chi connectivity index (χ4v) is 3.04. The molecule has 124 valence electrons. The van der Waals surface area contributed by atoms with Crippen LogP contribution >= 0.6 is 0 Å². The summed E-state index contributed by atoms with van der Waals surface area (Å²) >= 11 is 0. The molecule has 1 aliphatic rings. The number of aromatic nitrogens is 2. The normalized spacial score (nSPS) is 16.5. The molecule has 2 aromatic heterocycles. The summed E-state index contributed by atoms with van der Waals surface area (Å²) in [5.74, 6) is 0.246. The minimum atomic E-state index is 0.0279. The first-order chi connectivity index (χ1) is 11.0. The number of aryl methyl sites for hydroxylation is 1. The molecule has 1 fully saturated rings. The Morgan fingerprint density at radius 2 is 2.09 bits per heavy atom. The molecule has 23 heavy (non-hydrogen) atoms. The van der Waals surface area contributed by atoms with E-state index in [1.165, 1.54) is 0 Å². The van der Waals surface area contributed by atoms with Gasteiger partial charge in [-0.15, -0.1) is 0 Å². The van der Waals surface area contributed by atoms with Gasteiger partial charge in [-0.1, -0.05) is 19.0 Å². The zero-order chi connectivity index (χ0) is 16.6. The number of fused-ring (bicyclic) bond motifs is 1. The maximum atomic E-state index is 13.0. The molecule has 6 heteroatoms. The Labute approximate surface area is 135 Å². The fraction of sp³-hybridized carbons (Fsp3) is 0.588. The van der Waals surface area contributed by atoms with E-state index < -0.39 is 0 Å². The highest BCUT2D eigenvalue weighted by molar-refractivity contribution is 6.06. The van der Waals surface area contributed by atoms with E-state index in [0.717, 1.165) is 23.9 Å². The van der Waals surface area contributed by atoms with Gasteiger partial charge in [-0.05, 0) is 31.7 Å². The average molecular weight is 317 g/mol. The summed E-state index contributed by atoms with van der Waals surface area (Å²) in [7, 11) is 1.73. The Morgan fingerprint density at radius 3 is 2.70 bits per heavy atom. The van der Waals surface area contributed by atoms with Crippen molar-refractivity contribution < 1.29 is 14.1 Å². The maximum absolute atomic E-state index is 13.0. The van der Waals surface area contributed by atoms with Crippen LogP contribution in [-0.4, -0.2) is 47.3 Å². The summed E-state index contributed by atoms with van der Waals surface area (Å²) < 4.78 is 10.7. The van der Waals surface area contributed by atoms with Crippen LogP contribution in [0.15, 0.2) is 10.6 Å². The van der Waals surface area contributed by atoms with Crippen molar-refractivity contribution in [3.05, 3.63) is 23.0 Å². The van der Waals surface area contributed by atoms with E-state index in [2.05, 4.69) is 24.0 Å². The van der Waals surface area contributed by atoms with Gasteiger partial charge in [-0.3, -0.25) is 4.79 Å². The minimum absolute atomic E-state index is 0.0279. The first-order valence-corrected chi connectivity index (χ1v) is 8.10. The number of hydrogen-bond acceptors (Lipinski definition) is 5. The zero-order valence-corrected chi connectivity index (χ0v) is 14.1. The second kappa shape index (κ2) is 6.28. The molecule has 6 nitrogen and oxygen atoms in total. The second-order valence-corrected chi connectivity index (χ2v) is 6.42. The molecule has 0 aliphatic carbocycles. The first-order valence-electron chi connectivity index (χ1n) is 8.10. The molecule has 2 aromatic rings. The third kappa shape index (κ3) is 2.95. The van der Waals surface area contributed by atoms with Gasteiger partial charge in [0.1, 0.15) is 0 Å². The highest BCUT2D eigenvalue weighted by atomic mass is 16.5. The smallest absolute Gasteiger partial charge is 0.259 e. The zero-order valence-electron chi connectivity index (χ0n) is 14.1. The topological polar surface area (TPSA) is 68.5 Å². The monoisotopic (exact) mass is 317 g/mol. The van der Waals surface area contributed by atoms with Gasteiger partial charge < -0.3 is 14.2 Å². The molecule has 0 atom stereocenters. The molecule has 1 amide bonds. The molecule has 0 aromatic carbocycles. The number of carbonyl (C=O) groups excluding carboxylic acids is 1. The molecule has 3 heterocycles. The van der Waals surface area contributed by atoms with Gasteiger partial charge in [-0.2, -0.15) is 0 Å². The van der Waals surface area contributed by atoms with Crippen molar-refractivity contribution in [2.75, 3.05) is 20.2 Å². The van der Waals surface area contributed by atoms with Crippen molar-refractivity contribution in [1.82, 2.24) is 15.0 Å². The Balaban J connectivity index is 1.97. The van der Waals surface area contributed by atoms with Crippen molar-refractivity contribution in [3.63, 3.8) is 0 Å². The Hall–Kier alpha value is -1.95. The maximum Gasteiger partial charge on any atom is 0.259 e. The van der Waals surface area contributed by atoms with Crippen LogP contribution in [0.25, 0.3) is 11.1 Å². The SMILES string of the molecule is COC1CCN(C(=O)c2cc(C(C)C)nc3onc(C)c23)CC1. The van der Waals surface area contributed by atoms with Gasteiger partial charge in [0.05, 0.1) is 22.7 Å². The highest BCUT2D eigenvalue weighted by Crippen LogP contribution is 2.27. The number of rotatable bonds is 3. The largest absolute Gasteiger partial charge is 0.381 e. The number of piperidine rings is 1. The Morgan fingerprint density at radius 1 is 1.39 bits per heavy atom. The van der Waals surface area contributed by atoms with Crippen molar-refractivity contribution in [1.29, 1.82) is 0 Å². The quantitative estimate of drug-likeness (QED) is 0.870. The lowest BCUT2D eigenvalue weighted by Crippen LogP contribution is -2.40. The van der Waals surface area contributed by atoms with Gasteiger partial charge in [-0.25, -0.2) is 4.98 Å². The molecule has 0 N–H and O–H groups in total. The van der Waals surface area contributed by atoms with Gasteiger partial charge in [0.25, 0.3) is 11.6 Å². The molecule has 0 bridgehead atoms. The standard InChI is InChI=1S/C17H23N3O3/c1-10(2)14-9-13(15-11(3)19-23-16(15)18-14)17(21)20-7-5-12(22-4)6-8-20/h9-10,12H,5-8H2,1-4H3. The predicted octanol–water partition coefficient (Wildman–Crippen LogP) is 2.91. The van der Waals surface area contributed by atoms with E-state index in [-0.39, 0.29) is 17.9 Å².